The van der Waals surface area contributed by atoms with Gasteiger partial charge in [-0.3, -0.25) is 9.11 Å². The van der Waals surface area contributed by atoms with Gasteiger partial charge in [-0.1, -0.05) is 42.2 Å². The molecule has 0 saturated carbocycles. The van der Waals surface area contributed by atoms with Gasteiger partial charge in [0.15, 0.2) is 6.54 Å². The monoisotopic (exact) mass is 609 g/mol. The number of thioether (sulfide) groups is 1. The summed E-state index contributed by atoms with van der Waals surface area (Å²) in [5, 5.41) is 1.96. The fraction of sp³-hybridized carbons (Fsp3) is 0.370. The molecule has 2 aromatic carbocycles. The second kappa shape index (κ2) is 12.1. The lowest BCUT2D eigenvalue weighted by molar-refractivity contribution is -0.668. The molecular weight excluding hydrogens is 577 g/mol. The molecule has 0 atom stereocenters. The van der Waals surface area contributed by atoms with Crippen molar-refractivity contribution in [2.24, 2.45) is 0 Å². The molecule has 0 spiro atoms. The number of allylic oxidation sites excluding steroid dienone is 2. The summed E-state index contributed by atoms with van der Waals surface area (Å²) in [5.41, 5.74) is 5.37. The number of benzene rings is 2. The van der Waals surface area contributed by atoms with Crippen molar-refractivity contribution >= 4 is 65.3 Å². The first-order valence-electron chi connectivity index (χ1n) is 12.6. The van der Waals surface area contributed by atoms with Crippen LogP contribution >= 0.6 is 23.1 Å². The van der Waals surface area contributed by atoms with E-state index in [9.17, 15) is 25.9 Å². The highest BCUT2D eigenvalue weighted by Gasteiger charge is 2.26. The number of hydrogen-bond acceptors (Lipinski definition) is 7. The van der Waals surface area contributed by atoms with E-state index in [1.54, 1.807) is 23.1 Å². The van der Waals surface area contributed by atoms with Gasteiger partial charge in [-0.25, -0.2) is 0 Å². The van der Waals surface area contributed by atoms with E-state index in [2.05, 4.69) is 40.7 Å². The molecule has 1 aliphatic heterocycles. The number of hydrogen-bond donors (Lipinski definition) is 2. The number of thiazole rings is 1. The molecule has 1 aliphatic rings. The van der Waals surface area contributed by atoms with Gasteiger partial charge in [-0.2, -0.15) is 21.4 Å². The molecule has 39 heavy (non-hydrogen) atoms. The maximum Gasteiger partial charge on any atom is 0.265 e. The third-order valence-electron chi connectivity index (χ3n) is 6.37. The molecule has 0 bridgehead atoms. The Labute approximate surface area is 238 Å². The lowest BCUT2D eigenvalue weighted by Crippen LogP contribution is -2.36. The van der Waals surface area contributed by atoms with Crippen molar-refractivity contribution in [1.82, 2.24) is 0 Å². The van der Waals surface area contributed by atoms with Crippen LogP contribution in [0.4, 0.5) is 5.69 Å². The summed E-state index contributed by atoms with van der Waals surface area (Å²) in [5.74, 6) is -0.603. The number of anilines is 1. The van der Waals surface area contributed by atoms with Crippen LogP contribution < -0.4 is 9.47 Å². The van der Waals surface area contributed by atoms with Crippen LogP contribution in [0.15, 0.2) is 58.0 Å². The van der Waals surface area contributed by atoms with Gasteiger partial charge in [0.05, 0.1) is 22.2 Å². The predicted molar refractivity (Wildman–Crippen MR) is 160 cm³/mol. The van der Waals surface area contributed by atoms with Gasteiger partial charge in [0.25, 0.3) is 25.2 Å². The Morgan fingerprint density at radius 2 is 1.64 bits per heavy atom. The molecule has 0 saturated heterocycles. The van der Waals surface area contributed by atoms with Crippen molar-refractivity contribution < 1.29 is 30.5 Å². The zero-order chi connectivity index (χ0) is 28.4. The van der Waals surface area contributed by atoms with E-state index in [4.69, 9.17) is 0 Å². The molecule has 0 radical (unpaired) electrons. The first kappa shape index (κ1) is 29.8. The Morgan fingerprint density at radius 3 is 2.33 bits per heavy atom. The van der Waals surface area contributed by atoms with Crippen molar-refractivity contribution in [3.05, 3.63) is 69.2 Å². The highest BCUT2D eigenvalue weighted by Crippen LogP contribution is 2.47. The minimum atomic E-state index is -4.04. The van der Waals surface area contributed by atoms with Crippen molar-refractivity contribution in [3.63, 3.8) is 0 Å². The molecule has 210 valence electrons. The number of aryl methyl sites for hydroxylation is 3. The second-order valence-corrected chi connectivity index (χ2v) is 14.9. The summed E-state index contributed by atoms with van der Waals surface area (Å²) in [6, 6.07) is 12.4. The van der Waals surface area contributed by atoms with Crippen LogP contribution in [-0.4, -0.2) is 44.0 Å². The number of nitrogens with zero attached hydrogens (tertiary/aromatic N) is 2. The molecule has 1 aromatic heterocycles. The summed E-state index contributed by atoms with van der Waals surface area (Å²) >= 11 is 3.27. The van der Waals surface area contributed by atoms with E-state index >= 15 is 0 Å². The van der Waals surface area contributed by atoms with E-state index in [0.29, 0.717) is 25.9 Å². The molecule has 3 aromatic rings. The van der Waals surface area contributed by atoms with Crippen LogP contribution in [0.5, 0.6) is 0 Å². The van der Waals surface area contributed by atoms with Crippen molar-refractivity contribution in [2.75, 3.05) is 23.0 Å². The molecule has 0 amide bonds. The standard InChI is InChI=1S/C27H32N2O6S4/c1-4-21(17-26-28(11-5-13-38(30,31)32)22-9-7-19(2)15-24(22)36-26)18-27-29(12-6-14-39(33,34)35)23-10-8-20(3)16-25(23)37-27/h7-10,15-18H,4-6,11-14H2,1-3H3,(H-,30,31,32,33,34,35)/p+1. The third-order valence-corrected chi connectivity index (χ3v) is 10.2. The largest absolute Gasteiger partial charge is 0.335 e. The summed E-state index contributed by atoms with van der Waals surface area (Å²) in [6.45, 7) is 7.04. The van der Waals surface area contributed by atoms with Gasteiger partial charge in [-0.05, 0) is 67.7 Å². The predicted octanol–water partition coefficient (Wildman–Crippen LogP) is 5.61. The van der Waals surface area contributed by atoms with Crippen LogP contribution in [0.3, 0.4) is 0 Å². The van der Waals surface area contributed by atoms with Crippen LogP contribution in [0.1, 0.15) is 42.3 Å². The number of rotatable bonds is 11. The van der Waals surface area contributed by atoms with Crippen molar-refractivity contribution in [2.45, 2.75) is 51.5 Å². The van der Waals surface area contributed by atoms with Crippen molar-refractivity contribution in [1.29, 1.82) is 0 Å². The van der Waals surface area contributed by atoms with Gasteiger partial charge in [0, 0.05) is 30.0 Å². The summed E-state index contributed by atoms with van der Waals surface area (Å²) < 4.78 is 66.9. The fourth-order valence-corrected chi connectivity index (χ4v) is 7.99. The lowest BCUT2D eigenvalue weighted by Gasteiger charge is -2.20. The molecule has 12 heteroatoms. The lowest BCUT2D eigenvalue weighted by atomic mass is 10.1. The zero-order valence-electron chi connectivity index (χ0n) is 22.1. The quantitative estimate of drug-likeness (QED) is 0.213. The highest BCUT2D eigenvalue weighted by molar-refractivity contribution is 8.03. The van der Waals surface area contributed by atoms with Crippen LogP contribution in [0, 0.1) is 13.8 Å². The highest BCUT2D eigenvalue weighted by atomic mass is 32.2. The van der Waals surface area contributed by atoms with E-state index < -0.39 is 20.2 Å². The molecule has 4 rings (SSSR count). The Balaban J connectivity index is 1.71. The average Bonchev–Trinajstić information content (AvgIpc) is 3.33. The maximum atomic E-state index is 11.3. The van der Waals surface area contributed by atoms with E-state index in [1.807, 2.05) is 38.1 Å². The minimum absolute atomic E-state index is 0.290. The van der Waals surface area contributed by atoms with Crippen LogP contribution in [-0.2, 0) is 26.8 Å². The van der Waals surface area contributed by atoms with Crippen LogP contribution in [0.25, 0.3) is 16.3 Å². The van der Waals surface area contributed by atoms with E-state index in [1.165, 1.54) is 0 Å². The van der Waals surface area contributed by atoms with Gasteiger partial charge in [0.1, 0.15) is 4.70 Å². The number of aromatic nitrogens is 1. The third kappa shape index (κ3) is 7.92. The molecule has 2 N–H and O–H groups in total. The molecule has 2 heterocycles. The van der Waals surface area contributed by atoms with Gasteiger partial charge in [0.2, 0.25) is 5.52 Å². The maximum absolute atomic E-state index is 11.3. The summed E-state index contributed by atoms with van der Waals surface area (Å²) in [6.07, 6.45) is 5.56. The minimum Gasteiger partial charge on any atom is -0.335 e. The second-order valence-electron chi connectivity index (χ2n) is 9.62. The smallest absolute Gasteiger partial charge is 0.265 e. The Morgan fingerprint density at radius 1 is 0.974 bits per heavy atom. The number of fused-ring (bicyclic) bond motifs is 2. The molecule has 8 nitrogen and oxygen atoms in total. The van der Waals surface area contributed by atoms with Gasteiger partial charge < -0.3 is 4.90 Å². The SMILES string of the molecule is CCC(=C\c1sc2cc(C)ccc2[n+]1CCCS(=O)(=O)O)/C=C1/Sc2cc(C)ccc2N1CCCS(=O)(=O)O. The molecule has 0 unspecified atom stereocenters. The Bertz CT molecular complexity index is 1660. The van der Waals surface area contributed by atoms with Gasteiger partial charge >= 0.3 is 0 Å². The first-order chi connectivity index (χ1) is 18.3. The molecule has 0 fully saturated rings. The van der Waals surface area contributed by atoms with E-state index in [-0.39, 0.29) is 11.5 Å². The normalized spacial score (nSPS) is 15.5. The first-order valence-corrected chi connectivity index (χ1v) is 17.5. The van der Waals surface area contributed by atoms with Gasteiger partial charge in [-0.15, -0.1) is 0 Å². The molecule has 0 aliphatic carbocycles. The van der Waals surface area contributed by atoms with Crippen molar-refractivity contribution in [3.8, 4) is 0 Å². The fourth-order valence-electron chi connectivity index (χ4n) is 4.47. The zero-order valence-corrected chi connectivity index (χ0v) is 25.4. The van der Waals surface area contributed by atoms with E-state index in [0.717, 1.165) is 54.0 Å². The average molecular weight is 610 g/mol. The Hall–Kier alpha value is -2.22. The molecular formula is C27H33N2O6S4+. The Kier molecular flexibility index (Phi) is 9.24. The summed E-state index contributed by atoms with van der Waals surface area (Å²) in [4.78, 5) is 3.20. The van der Waals surface area contributed by atoms with Crippen LogP contribution in [0.2, 0.25) is 0 Å². The topological polar surface area (TPSA) is 116 Å². The summed E-state index contributed by atoms with van der Waals surface area (Å²) in [7, 11) is -8.09.